The van der Waals surface area contributed by atoms with Crippen LogP contribution < -0.4 is 4.74 Å². The summed E-state index contributed by atoms with van der Waals surface area (Å²) in [6, 6.07) is 6.89. The van der Waals surface area contributed by atoms with E-state index in [4.69, 9.17) is 4.74 Å². The van der Waals surface area contributed by atoms with Gasteiger partial charge < -0.3 is 4.74 Å². The first-order chi connectivity index (χ1) is 11.1. The number of rotatable bonds is 4. The van der Waals surface area contributed by atoms with Crippen LogP contribution in [0.5, 0.6) is 5.75 Å². The molecule has 0 spiro atoms. The van der Waals surface area contributed by atoms with Crippen LogP contribution in [-0.4, -0.2) is 29.2 Å². The molecule has 0 aromatic heterocycles. The number of esters is 1. The number of ether oxygens (including phenoxy) is 1. The highest BCUT2D eigenvalue weighted by atomic mass is 79.9. The summed E-state index contributed by atoms with van der Waals surface area (Å²) in [5.74, 6) is -0.859. The molecule has 1 heterocycles. The van der Waals surface area contributed by atoms with Crippen molar-refractivity contribution in [2.24, 2.45) is 11.8 Å². The number of amides is 2. The Morgan fingerprint density at radius 3 is 2.22 bits per heavy atom. The summed E-state index contributed by atoms with van der Waals surface area (Å²) >= 11 is 3.30. The molecule has 2 atom stereocenters. The van der Waals surface area contributed by atoms with E-state index in [0.717, 1.165) is 4.47 Å². The fourth-order valence-corrected chi connectivity index (χ4v) is 3.24. The number of benzene rings is 1. The van der Waals surface area contributed by atoms with E-state index in [2.05, 4.69) is 15.9 Å². The van der Waals surface area contributed by atoms with Crippen LogP contribution in [0.1, 0.15) is 19.3 Å². The van der Waals surface area contributed by atoms with Gasteiger partial charge in [0.15, 0.2) is 0 Å². The van der Waals surface area contributed by atoms with Crippen molar-refractivity contribution < 1.29 is 19.1 Å². The van der Waals surface area contributed by atoms with Crippen molar-refractivity contribution in [3.63, 3.8) is 0 Å². The number of carbonyl (C=O) groups is 3. The zero-order valence-electron chi connectivity index (χ0n) is 12.4. The van der Waals surface area contributed by atoms with Crippen LogP contribution in [0.25, 0.3) is 0 Å². The number of halogens is 1. The molecule has 1 aliphatic heterocycles. The van der Waals surface area contributed by atoms with Gasteiger partial charge in [-0.2, -0.15) is 0 Å². The van der Waals surface area contributed by atoms with E-state index in [9.17, 15) is 14.4 Å². The number of nitrogens with zero attached hydrogens (tertiary/aromatic N) is 1. The molecule has 0 saturated carbocycles. The predicted molar refractivity (Wildman–Crippen MR) is 86.5 cm³/mol. The molecule has 3 rings (SSSR count). The number of hydrogen-bond donors (Lipinski definition) is 0. The van der Waals surface area contributed by atoms with E-state index in [1.54, 1.807) is 24.3 Å². The first-order valence-electron chi connectivity index (χ1n) is 7.52. The minimum Gasteiger partial charge on any atom is -0.426 e. The average Bonchev–Trinajstić information content (AvgIpc) is 2.80. The summed E-state index contributed by atoms with van der Waals surface area (Å²) in [7, 11) is 0. The van der Waals surface area contributed by atoms with E-state index >= 15 is 0 Å². The molecule has 2 amide bonds. The van der Waals surface area contributed by atoms with Crippen LogP contribution in [0.3, 0.4) is 0 Å². The number of hydrogen-bond acceptors (Lipinski definition) is 4. The first kappa shape index (κ1) is 15.9. The highest BCUT2D eigenvalue weighted by Crippen LogP contribution is 2.35. The molecule has 0 radical (unpaired) electrons. The summed E-state index contributed by atoms with van der Waals surface area (Å²) in [4.78, 5) is 37.6. The molecular formula is C17H16BrNO4. The highest BCUT2D eigenvalue weighted by molar-refractivity contribution is 9.10. The molecule has 1 aromatic carbocycles. The van der Waals surface area contributed by atoms with Crippen LogP contribution in [0, 0.1) is 11.8 Å². The van der Waals surface area contributed by atoms with E-state index in [1.807, 2.05) is 12.2 Å². The Balaban J connectivity index is 1.56. The van der Waals surface area contributed by atoms with Crippen LogP contribution >= 0.6 is 15.9 Å². The lowest BCUT2D eigenvalue weighted by Gasteiger charge is -2.14. The minimum absolute atomic E-state index is 0.000409. The summed E-state index contributed by atoms with van der Waals surface area (Å²) in [6.07, 6.45) is 5.10. The lowest BCUT2D eigenvalue weighted by atomic mass is 9.85. The maximum atomic E-state index is 12.3. The van der Waals surface area contributed by atoms with Crippen molar-refractivity contribution in [3.05, 3.63) is 40.9 Å². The second kappa shape index (κ2) is 6.66. The second-order valence-electron chi connectivity index (χ2n) is 5.66. The third-order valence-corrected chi connectivity index (χ3v) is 4.71. The summed E-state index contributed by atoms with van der Waals surface area (Å²) < 4.78 is 6.09. The molecule has 1 fully saturated rings. The van der Waals surface area contributed by atoms with Gasteiger partial charge in [0, 0.05) is 11.0 Å². The molecule has 0 unspecified atom stereocenters. The maximum Gasteiger partial charge on any atom is 0.312 e. The quantitative estimate of drug-likeness (QED) is 0.350. The Morgan fingerprint density at radius 1 is 1.09 bits per heavy atom. The third-order valence-electron chi connectivity index (χ3n) is 4.18. The number of allylic oxidation sites excluding steroid dienone is 2. The normalized spacial score (nSPS) is 23.1. The standard InChI is InChI=1S/C17H16BrNO4/c18-11-5-7-12(8-6-11)23-15(20)9-10-19-16(21)13-3-1-2-4-14(13)17(19)22/h1-2,5-8,13-14H,3-4,9-10H2/t13-,14-/m0/s1. The van der Waals surface area contributed by atoms with Gasteiger partial charge in [-0.15, -0.1) is 0 Å². The average molecular weight is 378 g/mol. The summed E-state index contributed by atoms with van der Waals surface area (Å²) in [5, 5.41) is 0. The Labute approximate surface area is 142 Å². The number of likely N-dealkylation sites (tertiary alicyclic amines) is 1. The van der Waals surface area contributed by atoms with Crippen molar-refractivity contribution >= 4 is 33.7 Å². The van der Waals surface area contributed by atoms with Gasteiger partial charge in [0.1, 0.15) is 5.75 Å². The molecule has 0 bridgehead atoms. The van der Waals surface area contributed by atoms with Gasteiger partial charge in [0.2, 0.25) is 11.8 Å². The Morgan fingerprint density at radius 2 is 1.65 bits per heavy atom. The zero-order chi connectivity index (χ0) is 16.4. The van der Waals surface area contributed by atoms with Crippen molar-refractivity contribution in [2.45, 2.75) is 19.3 Å². The molecule has 2 aliphatic rings. The third kappa shape index (κ3) is 3.37. The van der Waals surface area contributed by atoms with E-state index < -0.39 is 5.97 Å². The molecule has 6 heteroatoms. The Bertz CT molecular complexity index is 642. The molecule has 1 aliphatic carbocycles. The largest absolute Gasteiger partial charge is 0.426 e. The topological polar surface area (TPSA) is 63.7 Å². The van der Waals surface area contributed by atoms with Gasteiger partial charge in [-0.1, -0.05) is 28.1 Å². The number of fused-ring (bicyclic) bond motifs is 1. The summed E-state index contributed by atoms with van der Waals surface area (Å²) in [5.41, 5.74) is 0. The molecule has 120 valence electrons. The second-order valence-corrected chi connectivity index (χ2v) is 6.58. The highest BCUT2D eigenvalue weighted by Gasteiger charge is 2.46. The Kier molecular flexibility index (Phi) is 4.61. The fraction of sp³-hybridized carbons (Fsp3) is 0.353. The lowest BCUT2D eigenvalue weighted by molar-refractivity contribution is -0.141. The van der Waals surface area contributed by atoms with Crippen LogP contribution in [0.15, 0.2) is 40.9 Å². The van der Waals surface area contributed by atoms with Gasteiger partial charge in [0.25, 0.3) is 0 Å². The molecule has 5 nitrogen and oxygen atoms in total. The van der Waals surface area contributed by atoms with E-state index in [0.29, 0.717) is 18.6 Å². The maximum absolute atomic E-state index is 12.3. The number of imide groups is 1. The van der Waals surface area contributed by atoms with Gasteiger partial charge in [-0.3, -0.25) is 19.3 Å². The van der Waals surface area contributed by atoms with Crippen LogP contribution in [-0.2, 0) is 14.4 Å². The van der Waals surface area contributed by atoms with E-state index in [1.165, 1.54) is 4.90 Å². The summed E-state index contributed by atoms with van der Waals surface area (Å²) in [6.45, 7) is 0.0834. The van der Waals surface area contributed by atoms with E-state index in [-0.39, 0.29) is 36.6 Å². The van der Waals surface area contributed by atoms with Gasteiger partial charge >= 0.3 is 5.97 Å². The smallest absolute Gasteiger partial charge is 0.312 e. The SMILES string of the molecule is O=C(CCN1C(=O)[C@H]2CC=CC[C@@H]2C1=O)Oc1ccc(Br)cc1. The van der Waals surface area contributed by atoms with Gasteiger partial charge in [0.05, 0.1) is 18.3 Å². The van der Waals surface area contributed by atoms with Gasteiger partial charge in [-0.25, -0.2) is 0 Å². The van der Waals surface area contributed by atoms with Crippen LogP contribution in [0.2, 0.25) is 0 Å². The van der Waals surface area contributed by atoms with Crippen molar-refractivity contribution in [1.29, 1.82) is 0 Å². The van der Waals surface area contributed by atoms with Crippen molar-refractivity contribution in [3.8, 4) is 5.75 Å². The molecule has 23 heavy (non-hydrogen) atoms. The molecule has 1 aromatic rings. The fourth-order valence-electron chi connectivity index (χ4n) is 2.98. The lowest BCUT2D eigenvalue weighted by Crippen LogP contribution is -2.33. The molecule has 0 N–H and O–H groups in total. The molecule has 1 saturated heterocycles. The Hall–Kier alpha value is -1.95. The first-order valence-corrected chi connectivity index (χ1v) is 8.32. The van der Waals surface area contributed by atoms with Gasteiger partial charge in [-0.05, 0) is 37.1 Å². The van der Waals surface area contributed by atoms with Crippen molar-refractivity contribution in [1.82, 2.24) is 4.90 Å². The van der Waals surface area contributed by atoms with Crippen LogP contribution in [0.4, 0.5) is 0 Å². The zero-order valence-corrected chi connectivity index (χ0v) is 14.0. The monoisotopic (exact) mass is 377 g/mol. The predicted octanol–water partition coefficient (Wildman–Crippen LogP) is 2.70. The molecular weight excluding hydrogens is 362 g/mol. The van der Waals surface area contributed by atoms with Crippen molar-refractivity contribution in [2.75, 3.05) is 6.54 Å². The number of carbonyl (C=O) groups excluding carboxylic acids is 3. The minimum atomic E-state index is -0.457.